The molecule has 1 unspecified atom stereocenters. The number of carbonyl (C=O) groups excluding carboxylic acids is 2. The number of aromatic nitrogens is 3. The molecule has 2 amide bonds. The molecule has 178 valence electrons. The van der Waals surface area contributed by atoms with Gasteiger partial charge in [0.15, 0.2) is 5.56 Å². The fourth-order valence-electron chi connectivity index (χ4n) is 4.27. The largest absolute Gasteiger partial charge is 0.492 e. The first-order valence-electron chi connectivity index (χ1n) is 11.5. The number of fused-ring (bicyclic) bond motifs is 1. The first-order chi connectivity index (χ1) is 15.7. The SMILES string of the molecule is CC(C)Cn1c(=O)c(C(=O)NC2CC2)c(O)n2ncc(C=CC(=O)N3CCN(C)CC3C)c12. The zero-order valence-corrected chi connectivity index (χ0v) is 19.6. The molecule has 3 heterocycles. The second-order valence-corrected chi connectivity index (χ2v) is 9.57. The van der Waals surface area contributed by atoms with Crippen LogP contribution < -0.4 is 10.9 Å². The first kappa shape index (κ1) is 23.0. The zero-order valence-electron chi connectivity index (χ0n) is 19.6. The van der Waals surface area contributed by atoms with Crippen LogP contribution >= 0.6 is 0 Å². The summed E-state index contributed by atoms with van der Waals surface area (Å²) < 4.78 is 2.66. The summed E-state index contributed by atoms with van der Waals surface area (Å²) in [4.78, 5) is 42.8. The summed E-state index contributed by atoms with van der Waals surface area (Å²) >= 11 is 0. The van der Waals surface area contributed by atoms with Gasteiger partial charge in [0.2, 0.25) is 11.8 Å². The van der Waals surface area contributed by atoms with E-state index in [1.54, 1.807) is 6.08 Å². The third-order valence-corrected chi connectivity index (χ3v) is 6.12. The number of likely N-dealkylation sites (N-methyl/N-ethyl adjacent to an activating group) is 1. The van der Waals surface area contributed by atoms with E-state index in [4.69, 9.17) is 0 Å². The highest BCUT2D eigenvalue weighted by atomic mass is 16.3. The maximum absolute atomic E-state index is 13.3. The molecule has 0 aromatic carbocycles. The van der Waals surface area contributed by atoms with Gasteiger partial charge in [0, 0.05) is 49.9 Å². The minimum atomic E-state index is -0.591. The number of amides is 2. The summed E-state index contributed by atoms with van der Waals surface area (Å²) in [5, 5.41) is 17.8. The summed E-state index contributed by atoms with van der Waals surface area (Å²) in [6, 6.07) is 0.144. The molecule has 1 saturated heterocycles. The maximum Gasteiger partial charge on any atom is 0.270 e. The van der Waals surface area contributed by atoms with Crippen molar-refractivity contribution in [3.05, 3.63) is 33.8 Å². The van der Waals surface area contributed by atoms with Crippen LogP contribution in [-0.4, -0.2) is 79.7 Å². The Bertz CT molecular complexity index is 1160. The molecule has 0 radical (unpaired) electrons. The zero-order chi connectivity index (χ0) is 23.9. The molecule has 4 rings (SSSR count). The van der Waals surface area contributed by atoms with Gasteiger partial charge < -0.3 is 20.2 Å². The first-order valence-corrected chi connectivity index (χ1v) is 11.5. The number of aromatic hydroxyl groups is 1. The van der Waals surface area contributed by atoms with Crippen molar-refractivity contribution in [3.8, 4) is 5.88 Å². The molecule has 2 aromatic heterocycles. The van der Waals surface area contributed by atoms with Crippen molar-refractivity contribution in [1.82, 2.24) is 29.3 Å². The molecule has 10 nitrogen and oxygen atoms in total. The number of carbonyl (C=O) groups is 2. The van der Waals surface area contributed by atoms with Crippen LogP contribution in [0.1, 0.15) is 49.5 Å². The van der Waals surface area contributed by atoms with Gasteiger partial charge >= 0.3 is 0 Å². The van der Waals surface area contributed by atoms with E-state index in [2.05, 4.69) is 15.3 Å². The Kier molecular flexibility index (Phi) is 6.29. The standard InChI is InChI=1S/C23H32N6O4/c1-14(2)12-28-21-16(5-8-18(30)27-10-9-26(4)13-15(27)3)11-24-29(21)23(33)19(22(28)32)20(31)25-17-6-7-17/h5,8,11,14-15,17,33H,6-7,9-10,12-13H2,1-4H3,(H,25,31). The molecule has 2 N–H and O–H groups in total. The van der Waals surface area contributed by atoms with E-state index in [0.29, 0.717) is 24.3 Å². The van der Waals surface area contributed by atoms with Crippen molar-refractivity contribution in [2.75, 3.05) is 26.7 Å². The normalized spacial score (nSPS) is 19.7. The molecule has 10 heteroatoms. The number of hydrogen-bond donors (Lipinski definition) is 2. The smallest absolute Gasteiger partial charge is 0.270 e. The third kappa shape index (κ3) is 4.66. The number of rotatable bonds is 6. The lowest BCUT2D eigenvalue weighted by molar-refractivity contribution is -0.130. The predicted molar refractivity (Wildman–Crippen MR) is 124 cm³/mol. The molecule has 1 aliphatic carbocycles. The van der Waals surface area contributed by atoms with Crippen molar-refractivity contribution in [2.24, 2.45) is 5.92 Å². The van der Waals surface area contributed by atoms with Crippen molar-refractivity contribution in [3.63, 3.8) is 0 Å². The molecular weight excluding hydrogens is 424 g/mol. The molecule has 33 heavy (non-hydrogen) atoms. The summed E-state index contributed by atoms with van der Waals surface area (Å²) in [5.41, 5.74) is -0.00554. The molecule has 2 aromatic rings. The lowest BCUT2D eigenvalue weighted by atomic mass is 10.2. The average molecular weight is 457 g/mol. The van der Waals surface area contributed by atoms with Gasteiger partial charge in [0.1, 0.15) is 5.65 Å². The lowest BCUT2D eigenvalue weighted by Gasteiger charge is -2.37. The minimum Gasteiger partial charge on any atom is -0.492 e. The Morgan fingerprint density at radius 1 is 1.30 bits per heavy atom. The van der Waals surface area contributed by atoms with Gasteiger partial charge in [0.25, 0.3) is 11.5 Å². The van der Waals surface area contributed by atoms with Crippen LogP contribution in [0.4, 0.5) is 0 Å². The highest BCUT2D eigenvalue weighted by molar-refractivity contribution is 5.97. The average Bonchev–Trinajstić information content (AvgIpc) is 3.44. The van der Waals surface area contributed by atoms with Crippen molar-refractivity contribution >= 4 is 23.5 Å². The number of piperazine rings is 1. The molecule has 0 bridgehead atoms. The second kappa shape index (κ2) is 9.01. The molecule has 1 aliphatic heterocycles. The van der Waals surface area contributed by atoms with Gasteiger partial charge in [0.05, 0.1) is 6.20 Å². The molecule has 0 spiro atoms. The summed E-state index contributed by atoms with van der Waals surface area (Å²) in [5.74, 6) is -1.09. The lowest BCUT2D eigenvalue weighted by Crippen LogP contribution is -2.52. The van der Waals surface area contributed by atoms with Crippen LogP contribution in [0.5, 0.6) is 5.88 Å². The third-order valence-electron chi connectivity index (χ3n) is 6.12. The Morgan fingerprint density at radius 2 is 2.03 bits per heavy atom. The van der Waals surface area contributed by atoms with E-state index in [1.165, 1.54) is 21.4 Å². The Morgan fingerprint density at radius 3 is 2.67 bits per heavy atom. The van der Waals surface area contributed by atoms with Crippen molar-refractivity contribution < 1.29 is 14.7 Å². The van der Waals surface area contributed by atoms with E-state index in [1.807, 2.05) is 32.7 Å². The van der Waals surface area contributed by atoms with E-state index in [-0.39, 0.29) is 29.5 Å². The van der Waals surface area contributed by atoms with Gasteiger partial charge in [-0.2, -0.15) is 9.61 Å². The van der Waals surface area contributed by atoms with Crippen molar-refractivity contribution in [2.45, 2.75) is 52.2 Å². The fraction of sp³-hybridized carbons (Fsp3) is 0.565. The summed E-state index contributed by atoms with van der Waals surface area (Å²) in [7, 11) is 2.03. The van der Waals surface area contributed by atoms with E-state index >= 15 is 0 Å². The highest BCUT2D eigenvalue weighted by Crippen LogP contribution is 2.23. The van der Waals surface area contributed by atoms with E-state index in [0.717, 1.165) is 25.9 Å². The van der Waals surface area contributed by atoms with Crippen molar-refractivity contribution in [1.29, 1.82) is 0 Å². The Balaban J connectivity index is 1.72. The second-order valence-electron chi connectivity index (χ2n) is 9.57. The molecule has 2 aliphatic rings. The van der Waals surface area contributed by atoms with Crippen LogP contribution in [0.15, 0.2) is 17.1 Å². The van der Waals surface area contributed by atoms with Crippen LogP contribution in [-0.2, 0) is 11.3 Å². The van der Waals surface area contributed by atoms with Crippen LogP contribution in [0.3, 0.4) is 0 Å². The molecular formula is C23H32N6O4. The van der Waals surface area contributed by atoms with Crippen LogP contribution in [0, 0.1) is 5.92 Å². The van der Waals surface area contributed by atoms with Gasteiger partial charge in [-0.15, -0.1) is 0 Å². The minimum absolute atomic E-state index is 0.0460. The van der Waals surface area contributed by atoms with Gasteiger partial charge in [-0.25, -0.2) is 0 Å². The highest BCUT2D eigenvalue weighted by Gasteiger charge is 2.30. The van der Waals surface area contributed by atoms with E-state index < -0.39 is 17.3 Å². The Hall–Kier alpha value is -3.14. The van der Waals surface area contributed by atoms with Crippen LogP contribution in [0.25, 0.3) is 11.7 Å². The summed E-state index contributed by atoms with van der Waals surface area (Å²) in [6.07, 6.45) is 6.32. The summed E-state index contributed by atoms with van der Waals surface area (Å²) in [6.45, 7) is 8.55. The van der Waals surface area contributed by atoms with Crippen LogP contribution in [0.2, 0.25) is 0 Å². The van der Waals surface area contributed by atoms with Gasteiger partial charge in [-0.05, 0) is 38.8 Å². The number of nitrogens with one attached hydrogen (secondary N) is 1. The fourth-order valence-corrected chi connectivity index (χ4v) is 4.27. The van der Waals surface area contributed by atoms with Gasteiger partial charge in [-0.3, -0.25) is 19.0 Å². The number of nitrogens with zero attached hydrogens (tertiary/aromatic N) is 5. The Labute approximate surface area is 192 Å². The molecule has 1 saturated carbocycles. The van der Waals surface area contributed by atoms with E-state index in [9.17, 15) is 19.5 Å². The molecule has 1 atom stereocenters. The molecule has 2 fully saturated rings. The number of hydrogen-bond acceptors (Lipinski definition) is 6. The van der Waals surface area contributed by atoms with Gasteiger partial charge in [-0.1, -0.05) is 13.8 Å². The quantitative estimate of drug-likeness (QED) is 0.626. The predicted octanol–water partition coefficient (Wildman–Crippen LogP) is 0.926. The monoisotopic (exact) mass is 456 g/mol. The maximum atomic E-state index is 13.3. The topological polar surface area (TPSA) is 112 Å².